The number of halogens is 2. The highest BCUT2D eigenvalue weighted by Gasteiger charge is 2.40. The molecule has 1 fully saturated rings. The molecule has 2 aromatic rings. The molecule has 1 aliphatic carbocycles. The molecule has 1 saturated carbocycles. The maximum Gasteiger partial charge on any atom is 0.319 e. The van der Waals surface area contributed by atoms with Gasteiger partial charge in [0.1, 0.15) is 10.3 Å². The van der Waals surface area contributed by atoms with Crippen LogP contribution in [0, 0.1) is 12.8 Å². The smallest absolute Gasteiger partial charge is 0.319 e. The lowest BCUT2D eigenvalue weighted by Gasteiger charge is -2.04. The molecule has 0 unspecified atom stereocenters. The first-order chi connectivity index (χ1) is 9.61. The number of aromatic nitrogens is 3. The molecule has 20 heavy (non-hydrogen) atoms. The second-order valence-electron chi connectivity index (χ2n) is 4.97. The molecule has 0 N–H and O–H groups in total. The van der Waals surface area contributed by atoms with Crippen molar-refractivity contribution < 1.29 is 4.74 Å². The number of ether oxygens (including phenoxy) is 1. The van der Waals surface area contributed by atoms with Crippen molar-refractivity contribution in [2.24, 2.45) is 5.92 Å². The van der Waals surface area contributed by atoms with Gasteiger partial charge in [0, 0.05) is 29.8 Å². The summed E-state index contributed by atoms with van der Waals surface area (Å²) in [5, 5.41) is 0.570. The lowest BCUT2D eigenvalue weighted by atomic mass is 10.2. The molecule has 0 amide bonds. The van der Waals surface area contributed by atoms with Gasteiger partial charge in [-0.05, 0) is 25.0 Å². The Morgan fingerprint density at radius 3 is 2.65 bits per heavy atom. The standard InChI is InChI=1S/C14H13Cl2N3O/c1-8-2-3-11(17-6-8)10-4-9(10)7-20-14-18-12(15)5-13(16)19-14/h2-3,5-6,9-10H,4,7H2,1H3/t9-,10+/m1/s1. The molecule has 0 bridgehead atoms. The van der Waals surface area contributed by atoms with E-state index in [0.29, 0.717) is 18.4 Å². The van der Waals surface area contributed by atoms with Crippen molar-refractivity contribution in [3.05, 3.63) is 46.0 Å². The van der Waals surface area contributed by atoms with Crippen molar-refractivity contribution in [1.82, 2.24) is 15.0 Å². The third kappa shape index (κ3) is 3.19. The van der Waals surface area contributed by atoms with Gasteiger partial charge >= 0.3 is 6.01 Å². The van der Waals surface area contributed by atoms with Crippen LogP contribution in [0.1, 0.15) is 23.6 Å². The van der Waals surface area contributed by atoms with Gasteiger partial charge in [-0.25, -0.2) is 0 Å². The molecule has 2 heterocycles. The van der Waals surface area contributed by atoms with E-state index in [0.717, 1.165) is 12.1 Å². The van der Waals surface area contributed by atoms with Crippen molar-refractivity contribution in [2.45, 2.75) is 19.3 Å². The van der Waals surface area contributed by atoms with Gasteiger partial charge in [-0.2, -0.15) is 9.97 Å². The van der Waals surface area contributed by atoms with Crippen molar-refractivity contribution in [3.8, 4) is 6.01 Å². The van der Waals surface area contributed by atoms with E-state index in [-0.39, 0.29) is 16.3 Å². The summed E-state index contributed by atoms with van der Waals surface area (Å²) in [4.78, 5) is 12.4. The second-order valence-corrected chi connectivity index (χ2v) is 5.74. The van der Waals surface area contributed by atoms with Gasteiger partial charge in [0.15, 0.2) is 0 Å². The summed E-state index contributed by atoms with van der Waals surface area (Å²) >= 11 is 11.6. The quantitative estimate of drug-likeness (QED) is 0.809. The first-order valence-electron chi connectivity index (χ1n) is 6.37. The first-order valence-corrected chi connectivity index (χ1v) is 7.13. The van der Waals surface area contributed by atoms with Crippen molar-refractivity contribution >= 4 is 23.2 Å². The average molecular weight is 310 g/mol. The topological polar surface area (TPSA) is 47.9 Å². The summed E-state index contributed by atoms with van der Waals surface area (Å²) < 4.78 is 5.55. The number of pyridine rings is 1. The van der Waals surface area contributed by atoms with E-state index < -0.39 is 0 Å². The lowest BCUT2D eigenvalue weighted by molar-refractivity contribution is 0.273. The molecule has 0 saturated heterocycles. The number of nitrogens with zero attached hydrogens (tertiary/aromatic N) is 3. The minimum Gasteiger partial charge on any atom is -0.463 e. The number of rotatable bonds is 4. The van der Waals surface area contributed by atoms with E-state index in [1.807, 2.05) is 13.1 Å². The molecular formula is C14H13Cl2N3O. The van der Waals surface area contributed by atoms with Gasteiger partial charge in [0.05, 0.1) is 6.61 Å². The summed E-state index contributed by atoms with van der Waals surface area (Å²) in [5.74, 6) is 0.914. The van der Waals surface area contributed by atoms with E-state index in [4.69, 9.17) is 27.9 Å². The van der Waals surface area contributed by atoms with E-state index in [2.05, 4.69) is 27.1 Å². The van der Waals surface area contributed by atoms with Crippen molar-refractivity contribution in [2.75, 3.05) is 6.61 Å². The molecule has 3 rings (SSSR count). The van der Waals surface area contributed by atoms with Gasteiger partial charge in [0.25, 0.3) is 0 Å². The van der Waals surface area contributed by atoms with Crippen LogP contribution in [0.3, 0.4) is 0 Å². The Labute approximate surface area is 127 Å². The largest absolute Gasteiger partial charge is 0.463 e. The van der Waals surface area contributed by atoms with Crippen LogP contribution in [0.2, 0.25) is 10.3 Å². The zero-order chi connectivity index (χ0) is 14.1. The lowest BCUT2D eigenvalue weighted by Crippen LogP contribution is -2.04. The maximum absolute atomic E-state index is 5.79. The normalized spacial score (nSPS) is 20.8. The molecule has 1 aliphatic rings. The summed E-state index contributed by atoms with van der Waals surface area (Å²) in [6.45, 7) is 2.58. The Hall–Kier alpha value is -1.39. The van der Waals surface area contributed by atoms with E-state index in [9.17, 15) is 0 Å². The number of aryl methyl sites for hydroxylation is 1. The summed E-state index contributed by atoms with van der Waals surface area (Å²) in [7, 11) is 0. The van der Waals surface area contributed by atoms with Gasteiger partial charge in [0.2, 0.25) is 0 Å². The molecule has 2 aromatic heterocycles. The fourth-order valence-corrected chi connectivity index (χ4v) is 2.52. The summed E-state index contributed by atoms with van der Waals surface area (Å²) in [5.41, 5.74) is 2.29. The van der Waals surface area contributed by atoms with Crippen LogP contribution in [0.4, 0.5) is 0 Å². The third-order valence-electron chi connectivity index (χ3n) is 3.31. The van der Waals surface area contributed by atoms with Gasteiger partial charge in [-0.1, -0.05) is 29.3 Å². The minimum absolute atomic E-state index is 0.227. The van der Waals surface area contributed by atoms with E-state index in [1.54, 1.807) is 0 Å². The van der Waals surface area contributed by atoms with E-state index >= 15 is 0 Å². The zero-order valence-electron chi connectivity index (χ0n) is 10.9. The molecule has 0 radical (unpaired) electrons. The monoisotopic (exact) mass is 309 g/mol. The average Bonchev–Trinajstić information content (AvgIpc) is 3.16. The van der Waals surface area contributed by atoms with Crippen LogP contribution in [0.5, 0.6) is 6.01 Å². The maximum atomic E-state index is 5.79. The zero-order valence-corrected chi connectivity index (χ0v) is 12.4. The Kier molecular flexibility index (Phi) is 3.76. The van der Waals surface area contributed by atoms with Crippen molar-refractivity contribution in [3.63, 3.8) is 0 Å². The second kappa shape index (κ2) is 5.54. The fourth-order valence-electron chi connectivity index (χ4n) is 2.11. The predicted molar refractivity (Wildman–Crippen MR) is 77.4 cm³/mol. The molecule has 6 heteroatoms. The van der Waals surface area contributed by atoms with Crippen LogP contribution >= 0.6 is 23.2 Å². The molecule has 0 aromatic carbocycles. The Morgan fingerprint density at radius 1 is 1.25 bits per heavy atom. The van der Waals surface area contributed by atoms with Gasteiger partial charge in [-0.3, -0.25) is 4.98 Å². The highest BCUT2D eigenvalue weighted by molar-refractivity contribution is 6.33. The first kappa shape index (κ1) is 13.6. The molecule has 104 valence electrons. The Bertz CT molecular complexity index is 598. The van der Waals surface area contributed by atoms with Gasteiger partial charge in [-0.15, -0.1) is 0 Å². The van der Waals surface area contributed by atoms with E-state index in [1.165, 1.54) is 11.6 Å². The van der Waals surface area contributed by atoms with Gasteiger partial charge < -0.3 is 4.74 Å². The molecule has 0 spiro atoms. The molecule has 2 atom stereocenters. The molecular weight excluding hydrogens is 297 g/mol. The van der Waals surface area contributed by atoms with Crippen molar-refractivity contribution in [1.29, 1.82) is 0 Å². The summed E-state index contributed by atoms with van der Waals surface area (Å²) in [6, 6.07) is 5.86. The number of hydrogen-bond donors (Lipinski definition) is 0. The van der Waals surface area contributed by atoms with Crippen LogP contribution in [0.25, 0.3) is 0 Å². The molecule has 4 nitrogen and oxygen atoms in total. The predicted octanol–water partition coefficient (Wildman–Crippen LogP) is 3.67. The minimum atomic E-state index is 0.227. The third-order valence-corrected chi connectivity index (χ3v) is 3.69. The highest BCUT2D eigenvalue weighted by atomic mass is 35.5. The Balaban J connectivity index is 1.57. The Morgan fingerprint density at radius 2 is 2.00 bits per heavy atom. The fraction of sp³-hybridized carbons (Fsp3) is 0.357. The van der Waals surface area contributed by atoms with Crippen LogP contribution in [-0.2, 0) is 0 Å². The number of hydrogen-bond acceptors (Lipinski definition) is 4. The van der Waals surface area contributed by atoms with Crippen LogP contribution in [0.15, 0.2) is 24.4 Å². The highest BCUT2D eigenvalue weighted by Crippen LogP contribution is 2.46. The van der Waals surface area contributed by atoms with Crippen LogP contribution in [-0.4, -0.2) is 21.6 Å². The molecule has 0 aliphatic heterocycles. The SMILES string of the molecule is Cc1ccc([C@H]2C[C@@H]2COc2nc(Cl)cc(Cl)n2)nc1. The summed E-state index contributed by atoms with van der Waals surface area (Å²) in [6.07, 6.45) is 2.97. The van der Waals surface area contributed by atoms with Crippen LogP contribution < -0.4 is 4.74 Å².